The Morgan fingerprint density at radius 3 is 2.76 bits per heavy atom. The van der Waals surface area contributed by atoms with Crippen LogP contribution >= 0.6 is 0 Å². The van der Waals surface area contributed by atoms with E-state index in [0.29, 0.717) is 17.0 Å². The van der Waals surface area contributed by atoms with Crippen molar-refractivity contribution in [3.63, 3.8) is 0 Å². The summed E-state index contributed by atoms with van der Waals surface area (Å²) in [7, 11) is 0. The van der Waals surface area contributed by atoms with Gasteiger partial charge in [0.15, 0.2) is 5.78 Å². The van der Waals surface area contributed by atoms with Gasteiger partial charge in [-0.3, -0.25) is 4.79 Å². The molecule has 0 spiro atoms. The minimum atomic E-state index is -0.259. The highest BCUT2D eigenvalue weighted by Crippen LogP contribution is 2.25. The summed E-state index contributed by atoms with van der Waals surface area (Å²) in [6.07, 6.45) is -0.165. The maximum absolute atomic E-state index is 11.8. The van der Waals surface area contributed by atoms with E-state index in [4.69, 9.17) is 9.78 Å². The molecule has 0 aliphatic rings. The van der Waals surface area contributed by atoms with E-state index in [9.17, 15) is 4.79 Å². The molecule has 0 N–H and O–H groups in total. The van der Waals surface area contributed by atoms with Crippen LogP contribution in [0.1, 0.15) is 22.5 Å². The van der Waals surface area contributed by atoms with E-state index in [1.54, 1.807) is 6.92 Å². The van der Waals surface area contributed by atoms with Crippen molar-refractivity contribution in [2.45, 2.75) is 13.3 Å². The lowest BCUT2D eigenvalue weighted by Crippen LogP contribution is -2.00. The van der Waals surface area contributed by atoms with Gasteiger partial charge in [0.2, 0.25) is 0 Å². The summed E-state index contributed by atoms with van der Waals surface area (Å²) in [5.74, 6) is 0.189. The van der Waals surface area contributed by atoms with Gasteiger partial charge in [-0.15, -0.1) is 0 Å². The maximum atomic E-state index is 11.8. The standard InChI is InChI=1S/C13H10N2O2/c1-9-12(11(16)7-8-14)13(15-17-9)10-5-3-2-4-6-10/h2-6H,7H2,1H3. The summed E-state index contributed by atoms with van der Waals surface area (Å²) in [6.45, 7) is 1.67. The number of nitriles is 1. The third kappa shape index (κ3) is 2.08. The van der Waals surface area contributed by atoms with Crippen LogP contribution in [-0.2, 0) is 0 Å². The van der Waals surface area contributed by atoms with Crippen LogP contribution in [0.15, 0.2) is 34.9 Å². The summed E-state index contributed by atoms with van der Waals surface area (Å²) in [4.78, 5) is 11.8. The molecular weight excluding hydrogens is 216 g/mol. The molecule has 4 nitrogen and oxygen atoms in total. The third-order valence-corrected chi connectivity index (χ3v) is 2.43. The van der Waals surface area contributed by atoms with Gasteiger partial charge < -0.3 is 4.52 Å². The maximum Gasteiger partial charge on any atom is 0.182 e. The van der Waals surface area contributed by atoms with Crippen molar-refractivity contribution < 1.29 is 9.32 Å². The molecular formula is C13H10N2O2. The van der Waals surface area contributed by atoms with Gasteiger partial charge >= 0.3 is 0 Å². The molecule has 4 heteroatoms. The zero-order valence-corrected chi connectivity index (χ0v) is 9.30. The molecule has 2 aromatic rings. The predicted octanol–water partition coefficient (Wildman–Crippen LogP) is 2.75. The van der Waals surface area contributed by atoms with Gasteiger partial charge in [-0.2, -0.15) is 5.26 Å². The van der Waals surface area contributed by atoms with Crippen LogP contribution in [0, 0.1) is 18.3 Å². The lowest BCUT2D eigenvalue weighted by atomic mass is 10.0. The molecule has 0 aliphatic heterocycles. The molecule has 0 fully saturated rings. The first-order chi connectivity index (χ1) is 8.24. The van der Waals surface area contributed by atoms with E-state index in [1.165, 1.54) is 0 Å². The summed E-state index contributed by atoms with van der Waals surface area (Å²) >= 11 is 0. The monoisotopic (exact) mass is 226 g/mol. The van der Waals surface area contributed by atoms with E-state index in [0.717, 1.165) is 5.56 Å². The van der Waals surface area contributed by atoms with Gasteiger partial charge in [-0.1, -0.05) is 35.5 Å². The predicted molar refractivity (Wildman–Crippen MR) is 61.2 cm³/mol. The van der Waals surface area contributed by atoms with Crippen LogP contribution in [0.4, 0.5) is 0 Å². The molecule has 84 valence electrons. The average molecular weight is 226 g/mol. The van der Waals surface area contributed by atoms with Crippen LogP contribution in [-0.4, -0.2) is 10.9 Å². The SMILES string of the molecule is Cc1onc(-c2ccccc2)c1C(=O)CC#N. The number of carbonyl (C=O) groups is 1. The zero-order chi connectivity index (χ0) is 12.3. The molecule has 0 amide bonds. The molecule has 0 aliphatic carbocycles. The van der Waals surface area contributed by atoms with Crippen molar-refractivity contribution in [3.8, 4) is 17.3 Å². The number of carbonyl (C=O) groups excluding carboxylic acids is 1. The van der Waals surface area contributed by atoms with Crippen LogP contribution in [0.3, 0.4) is 0 Å². The summed E-state index contributed by atoms with van der Waals surface area (Å²) in [6, 6.07) is 11.1. The smallest absolute Gasteiger partial charge is 0.182 e. The van der Waals surface area contributed by atoms with Gasteiger partial charge in [-0.05, 0) is 6.92 Å². The van der Waals surface area contributed by atoms with Crippen molar-refractivity contribution in [2.75, 3.05) is 0 Å². The quantitative estimate of drug-likeness (QED) is 0.754. The first-order valence-electron chi connectivity index (χ1n) is 5.16. The van der Waals surface area contributed by atoms with Crippen LogP contribution < -0.4 is 0 Å². The molecule has 0 bridgehead atoms. The van der Waals surface area contributed by atoms with E-state index >= 15 is 0 Å². The summed E-state index contributed by atoms with van der Waals surface area (Å²) < 4.78 is 5.04. The largest absolute Gasteiger partial charge is 0.360 e. The van der Waals surface area contributed by atoms with Crippen molar-refractivity contribution in [1.29, 1.82) is 5.26 Å². The molecule has 17 heavy (non-hydrogen) atoms. The number of rotatable bonds is 3. The molecule has 2 rings (SSSR count). The van der Waals surface area contributed by atoms with Crippen molar-refractivity contribution in [2.24, 2.45) is 0 Å². The Hall–Kier alpha value is -2.41. The number of nitrogens with zero attached hydrogens (tertiary/aromatic N) is 2. The van der Waals surface area contributed by atoms with Gasteiger partial charge in [0.1, 0.15) is 11.5 Å². The lowest BCUT2D eigenvalue weighted by molar-refractivity contribution is 0.0997. The molecule has 0 atom stereocenters. The average Bonchev–Trinajstić information content (AvgIpc) is 2.73. The number of Topliss-reactive ketones (excluding diaryl/α,β-unsaturated/α-hetero) is 1. The first kappa shape index (κ1) is 11.1. The molecule has 1 heterocycles. The first-order valence-corrected chi connectivity index (χ1v) is 5.16. The Labute approximate surface area is 98.5 Å². The second-order valence-corrected chi connectivity index (χ2v) is 3.59. The number of hydrogen-bond donors (Lipinski definition) is 0. The topological polar surface area (TPSA) is 66.9 Å². The zero-order valence-electron chi connectivity index (χ0n) is 9.30. The molecule has 1 aromatic carbocycles. The van der Waals surface area contributed by atoms with E-state index < -0.39 is 0 Å². The second kappa shape index (κ2) is 4.62. The molecule has 0 radical (unpaired) electrons. The van der Waals surface area contributed by atoms with Gasteiger partial charge in [-0.25, -0.2) is 0 Å². The van der Waals surface area contributed by atoms with E-state index in [-0.39, 0.29) is 12.2 Å². The number of aryl methyl sites for hydroxylation is 1. The minimum Gasteiger partial charge on any atom is -0.360 e. The Morgan fingerprint density at radius 2 is 2.12 bits per heavy atom. The second-order valence-electron chi connectivity index (χ2n) is 3.59. The lowest BCUT2D eigenvalue weighted by Gasteiger charge is -1.98. The molecule has 0 saturated carbocycles. The Morgan fingerprint density at radius 1 is 1.41 bits per heavy atom. The molecule has 0 saturated heterocycles. The van der Waals surface area contributed by atoms with Crippen LogP contribution in [0.2, 0.25) is 0 Å². The van der Waals surface area contributed by atoms with Gasteiger partial charge in [0, 0.05) is 5.56 Å². The Kier molecular flexibility index (Phi) is 3.01. The van der Waals surface area contributed by atoms with Crippen LogP contribution in [0.5, 0.6) is 0 Å². The fourth-order valence-corrected chi connectivity index (χ4v) is 1.65. The summed E-state index contributed by atoms with van der Waals surface area (Å²) in [5, 5.41) is 12.5. The Bertz CT molecular complexity index is 579. The highest BCUT2D eigenvalue weighted by molar-refractivity contribution is 6.03. The third-order valence-electron chi connectivity index (χ3n) is 2.43. The number of hydrogen-bond acceptors (Lipinski definition) is 4. The fourth-order valence-electron chi connectivity index (χ4n) is 1.65. The van der Waals surface area contributed by atoms with Crippen LogP contribution in [0.25, 0.3) is 11.3 Å². The number of aromatic nitrogens is 1. The highest BCUT2D eigenvalue weighted by atomic mass is 16.5. The van der Waals surface area contributed by atoms with Crippen molar-refractivity contribution in [3.05, 3.63) is 41.7 Å². The van der Waals surface area contributed by atoms with E-state index in [2.05, 4.69) is 5.16 Å². The highest BCUT2D eigenvalue weighted by Gasteiger charge is 2.20. The Balaban J connectivity index is 2.51. The van der Waals surface area contributed by atoms with Crippen molar-refractivity contribution >= 4 is 5.78 Å². The molecule has 0 unspecified atom stereocenters. The summed E-state index contributed by atoms with van der Waals surface area (Å²) in [5.41, 5.74) is 1.71. The number of benzene rings is 1. The fraction of sp³-hybridized carbons (Fsp3) is 0.154. The van der Waals surface area contributed by atoms with Crippen molar-refractivity contribution in [1.82, 2.24) is 5.16 Å². The minimum absolute atomic E-state index is 0.165. The normalized spacial score (nSPS) is 9.88. The van der Waals surface area contributed by atoms with E-state index in [1.807, 2.05) is 36.4 Å². The van der Waals surface area contributed by atoms with Gasteiger partial charge in [0.05, 0.1) is 18.1 Å². The molecule has 1 aromatic heterocycles. The number of ketones is 1. The van der Waals surface area contributed by atoms with Gasteiger partial charge in [0.25, 0.3) is 0 Å².